The van der Waals surface area contributed by atoms with Gasteiger partial charge in [-0.2, -0.15) is 0 Å². The van der Waals surface area contributed by atoms with E-state index in [4.69, 9.17) is 16.3 Å². The van der Waals surface area contributed by atoms with Gasteiger partial charge in [0.05, 0.1) is 5.92 Å². The molecule has 1 amide bonds. The van der Waals surface area contributed by atoms with E-state index < -0.39 is 11.9 Å². The molecule has 0 fully saturated rings. The van der Waals surface area contributed by atoms with E-state index in [1.54, 1.807) is 12.1 Å². The Hall–Kier alpha value is -2.33. The van der Waals surface area contributed by atoms with Crippen LogP contribution in [0.5, 0.6) is 0 Å². The number of carbonyl (C=O) groups excluding carboxylic acids is 2. The van der Waals surface area contributed by atoms with Gasteiger partial charge < -0.3 is 10.1 Å². The van der Waals surface area contributed by atoms with E-state index in [1.807, 2.05) is 50.2 Å². The Morgan fingerprint density at radius 3 is 2.07 bits per heavy atom. The van der Waals surface area contributed by atoms with Crippen LogP contribution in [0.25, 0.3) is 0 Å². The van der Waals surface area contributed by atoms with E-state index in [9.17, 15) is 9.59 Å². The van der Waals surface area contributed by atoms with Crippen molar-refractivity contribution >= 4 is 29.2 Å². The van der Waals surface area contributed by atoms with Gasteiger partial charge in [0.2, 0.25) is 0 Å². The molecule has 4 nitrogen and oxygen atoms in total. The molecule has 2 atom stereocenters. The highest BCUT2D eigenvalue weighted by Gasteiger charge is 2.26. The molecule has 0 radical (unpaired) electrons. The molecule has 2 aromatic carbocycles. The molecule has 2 rings (SSSR count). The van der Waals surface area contributed by atoms with Gasteiger partial charge in [-0.25, -0.2) is 0 Å². The summed E-state index contributed by atoms with van der Waals surface area (Å²) in [5.41, 5.74) is 2.74. The minimum atomic E-state index is -0.445. The Balaban J connectivity index is 1.93. The summed E-state index contributed by atoms with van der Waals surface area (Å²) in [6.45, 7) is 7.88. The third-order valence-corrected chi connectivity index (χ3v) is 5.12. The lowest BCUT2D eigenvalue weighted by Gasteiger charge is -2.20. The maximum Gasteiger partial charge on any atom is 0.314 e. The second kappa shape index (κ2) is 10.3. The molecular formula is C23H28ClNO3. The minimum absolute atomic E-state index is 0.0323. The van der Waals surface area contributed by atoms with Crippen molar-refractivity contribution in [1.29, 1.82) is 0 Å². The number of hydrogen-bond donors (Lipinski definition) is 1. The first-order chi connectivity index (χ1) is 13.3. The number of hydrogen-bond acceptors (Lipinski definition) is 3. The van der Waals surface area contributed by atoms with Crippen molar-refractivity contribution in [2.45, 2.75) is 46.0 Å². The van der Waals surface area contributed by atoms with Crippen molar-refractivity contribution in [3.63, 3.8) is 0 Å². The van der Waals surface area contributed by atoms with Crippen molar-refractivity contribution in [3.8, 4) is 0 Å². The number of esters is 1. The molecule has 1 N–H and O–H groups in total. The van der Waals surface area contributed by atoms with Crippen LogP contribution >= 0.6 is 11.6 Å². The number of anilines is 1. The quantitative estimate of drug-likeness (QED) is 0.571. The summed E-state index contributed by atoms with van der Waals surface area (Å²) < 4.78 is 5.28. The van der Waals surface area contributed by atoms with Gasteiger partial charge in [-0.05, 0) is 53.6 Å². The predicted octanol–water partition coefficient (Wildman–Crippen LogP) is 5.78. The average Bonchev–Trinajstić information content (AvgIpc) is 2.68. The van der Waals surface area contributed by atoms with E-state index in [0.717, 1.165) is 12.0 Å². The molecule has 0 aromatic heterocycles. The number of benzene rings is 2. The number of carbonyl (C=O) groups is 2. The summed E-state index contributed by atoms with van der Waals surface area (Å²) in [6, 6.07) is 14.9. The van der Waals surface area contributed by atoms with Crippen LogP contribution in [0.2, 0.25) is 5.02 Å². The van der Waals surface area contributed by atoms with Crippen LogP contribution in [0, 0.1) is 5.92 Å². The summed E-state index contributed by atoms with van der Waals surface area (Å²) in [6.07, 6.45) is 1.06. The maximum atomic E-state index is 12.5. The fraction of sp³-hybridized carbons (Fsp3) is 0.391. The molecule has 0 aliphatic rings. The monoisotopic (exact) mass is 401 g/mol. The zero-order valence-corrected chi connectivity index (χ0v) is 17.6. The Kier molecular flexibility index (Phi) is 8.06. The number of amides is 1. The van der Waals surface area contributed by atoms with Crippen LogP contribution in [0.3, 0.4) is 0 Å². The van der Waals surface area contributed by atoms with Crippen molar-refractivity contribution in [2.75, 3.05) is 11.9 Å². The minimum Gasteiger partial charge on any atom is -0.455 e. The molecule has 5 heteroatoms. The Morgan fingerprint density at radius 1 is 0.964 bits per heavy atom. The van der Waals surface area contributed by atoms with Gasteiger partial charge in [0.15, 0.2) is 6.61 Å². The summed E-state index contributed by atoms with van der Waals surface area (Å²) in [5.74, 6) is -0.709. The third-order valence-electron chi connectivity index (χ3n) is 4.87. The molecule has 0 heterocycles. The second-order valence-corrected chi connectivity index (χ2v) is 7.80. The summed E-state index contributed by atoms with van der Waals surface area (Å²) in [7, 11) is 0. The van der Waals surface area contributed by atoms with E-state index in [0.29, 0.717) is 16.6 Å². The van der Waals surface area contributed by atoms with Crippen LogP contribution < -0.4 is 5.32 Å². The van der Waals surface area contributed by atoms with Gasteiger partial charge in [-0.15, -0.1) is 0 Å². The SMILES string of the molecule is CC[C@H](C)c1ccc(NC(=O)COC(=O)[C@@H](c2ccc(Cl)cc2)C(C)C)cc1. The van der Waals surface area contributed by atoms with Gasteiger partial charge in [0, 0.05) is 10.7 Å². The van der Waals surface area contributed by atoms with Crippen molar-refractivity contribution in [1.82, 2.24) is 0 Å². The highest BCUT2D eigenvalue weighted by atomic mass is 35.5. The lowest BCUT2D eigenvalue weighted by molar-refractivity contribution is -0.149. The van der Waals surface area contributed by atoms with Gasteiger partial charge >= 0.3 is 5.97 Å². The molecule has 0 aliphatic carbocycles. The van der Waals surface area contributed by atoms with Crippen molar-refractivity contribution in [2.24, 2.45) is 5.92 Å². The largest absolute Gasteiger partial charge is 0.455 e. The first kappa shape index (κ1) is 22.0. The van der Waals surface area contributed by atoms with E-state index in [1.165, 1.54) is 5.56 Å². The third kappa shape index (κ3) is 6.10. The summed E-state index contributed by atoms with van der Waals surface area (Å²) in [4.78, 5) is 24.7. The van der Waals surface area contributed by atoms with E-state index >= 15 is 0 Å². The smallest absolute Gasteiger partial charge is 0.314 e. The number of ether oxygens (including phenoxy) is 1. The predicted molar refractivity (Wildman–Crippen MR) is 114 cm³/mol. The van der Waals surface area contributed by atoms with Crippen LogP contribution in [-0.4, -0.2) is 18.5 Å². The maximum absolute atomic E-state index is 12.5. The Morgan fingerprint density at radius 2 is 1.54 bits per heavy atom. The number of rotatable bonds is 8. The summed E-state index contributed by atoms with van der Waals surface area (Å²) >= 11 is 5.92. The van der Waals surface area contributed by atoms with E-state index in [-0.39, 0.29) is 18.4 Å². The fourth-order valence-electron chi connectivity index (χ4n) is 3.02. The zero-order valence-electron chi connectivity index (χ0n) is 16.9. The number of nitrogens with one attached hydrogen (secondary N) is 1. The zero-order chi connectivity index (χ0) is 20.7. The molecule has 0 saturated carbocycles. The first-order valence-electron chi connectivity index (χ1n) is 9.63. The first-order valence-corrected chi connectivity index (χ1v) is 10.0. The highest BCUT2D eigenvalue weighted by molar-refractivity contribution is 6.30. The Bertz CT molecular complexity index is 784. The van der Waals surface area contributed by atoms with E-state index in [2.05, 4.69) is 19.2 Å². The van der Waals surface area contributed by atoms with Gasteiger partial charge in [-0.3, -0.25) is 9.59 Å². The molecule has 28 heavy (non-hydrogen) atoms. The van der Waals surface area contributed by atoms with Crippen LogP contribution in [-0.2, 0) is 14.3 Å². The molecular weight excluding hydrogens is 374 g/mol. The van der Waals surface area contributed by atoms with Crippen molar-refractivity contribution in [3.05, 3.63) is 64.7 Å². The molecule has 0 spiro atoms. The lowest BCUT2D eigenvalue weighted by Crippen LogP contribution is -2.26. The molecule has 0 aliphatic heterocycles. The average molecular weight is 402 g/mol. The van der Waals surface area contributed by atoms with Crippen LogP contribution in [0.15, 0.2) is 48.5 Å². The second-order valence-electron chi connectivity index (χ2n) is 7.36. The Labute approximate surface area is 172 Å². The van der Waals surface area contributed by atoms with Crippen molar-refractivity contribution < 1.29 is 14.3 Å². The topological polar surface area (TPSA) is 55.4 Å². The fourth-order valence-corrected chi connectivity index (χ4v) is 3.14. The van der Waals surface area contributed by atoms with Gasteiger partial charge in [-0.1, -0.05) is 63.6 Å². The summed E-state index contributed by atoms with van der Waals surface area (Å²) in [5, 5.41) is 3.37. The molecule has 0 unspecified atom stereocenters. The van der Waals surface area contributed by atoms with Crippen LogP contribution in [0.1, 0.15) is 57.1 Å². The number of halogens is 1. The molecule has 0 bridgehead atoms. The molecule has 2 aromatic rings. The normalized spacial score (nSPS) is 13.1. The van der Waals surface area contributed by atoms with Gasteiger partial charge in [0.1, 0.15) is 0 Å². The molecule has 150 valence electrons. The van der Waals surface area contributed by atoms with Gasteiger partial charge in [0.25, 0.3) is 5.91 Å². The standard InChI is InChI=1S/C23H28ClNO3/c1-5-16(4)17-8-12-20(13-9-17)25-21(26)14-28-23(27)22(15(2)3)18-6-10-19(24)11-7-18/h6-13,15-16,22H,5,14H2,1-4H3,(H,25,26)/t16-,22+/m0/s1. The lowest BCUT2D eigenvalue weighted by atomic mass is 9.88. The van der Waals surface area contributed by atoms with Crippen LogP contribution in [0.4, 0.5) is 5.69 Å². The highest BCUT2D eigenvalue weighted by Crippen LogP contribution is 2.27. The molecule has 0 saturated heterocycles.